The summed E-state index contributed by atoms with van der Waals surface area (Å²) >= 11 is 0. The lowest BCUT2D eigenvalue weighted by molar-refractivity contribution is 0.203. The Morgan fingerprint density at radius 1 is 1.17 bits per heavy atom. The first-order valence-corrected chi connectivity index (χ1v) is 11.2. The second-order valence-corrected chi connectivity index (χ2v) is 10.8. The molecule has 4 atom stereocenters. The highest BCUT2D eigenvalue weighted by molar-refractivity contribution is 7.94. The van der Waals surface area contributed by atoms with Gasteiger partial charge in [-0.25, -0.2) is 0 Å². The van der Waals surface area contributed by atoms with E-state index in [4.69, 9.17) is 9.05 Å². The van der Waals surface area contributed by atoms with Gasteiger partial charge in [0.2, 0.25) is 0 Å². The van der Waals surface area contributed by atoms with Gasteiger partial charge in [-0.05, 0) is 51.7 Å². The van der Waals surface area contributed by atoms with Gasteiger partial charge in [-0.1, -0.05) is 29.8 Å². The molecule has 132 valence electrons. The molecule has 0 aromatic heterocycles. The maximum Gasteiger partial charge on any atom is 0.350 e. The molecule has 2 aliphatic rings. The SMILES string of the molecule is CCOP(=O)(OCC)C1(S(=O)c2ccc(C)cc2)CC2C=CC1C2. The number of benzene rings is 1. The summed E-state index contributed by atoms with van der Waals surface area (Å²) in [6.07, 6.45) is 5.68. The highest BCUT2D eigenvalue weighted by atomic mass is 32.2. The molecule has 0 N–H and O–H groups in total. The topological polar surface area (TPSA) is 52.6 Å². The van der Waals surface area contributed by atoms with Gasteiger partial charge in [0.1, 0.15) is 0 Å². The predicted octanol–water partition coefficient (Wildman–Crippen LogP) is 4.66. The molecule has 4 unspecified atom stereocenters. The number of allylic oxidation sites excluding steroid dienone is 2. The van der Waals surface area contributed by atoms with Gasteiger partial charge in [-0.3, -0.25) is 8.77 Å². The van der Waals surface area contributed by atoms with Gasteiger partial charge < -0.3 is 9.05 Å². The Kier molecular flexibility index (Phi) is 5.17. The maximum absolute atomic E-state index is 13.7. The zero-order valence-corrected chi connectivity index (χ0v) is 16.1. The molecule has 0 saturated heterocycles. The van der Waals surface area contributed by atoms with Gasteiger partial charge in [0.05, 0.1) is 24.0 Å². The molecular formula is C18H25O4PS. The summed E-state index contributed by atoms with van der Waals surface area (Å²) < 4.78 is 37.7. The van der Waals surface area contributed by atoms with Crippen molar-refractivity contribution in [2.45, 2.75) is 43.0 Å². The normalized spacial score (nSPS) is 30.0. The lowest BCUT2D eigenvalue weighted by Crippen LogP contribution is -2.40. The largest absolute Gasteiger partial charge is 0.350 e. The van der Waals surface area contributed by atoms with E-state index >= 15 is 0 Å². The molecule has 1 saturated carbocycles. The monoisotopic (exact) mass is 368 g/mol. The van der Waals surface area contributed by atoms with E-state index in [0.717, 1.165) is 12.0 Å². The van der Waals surface area contributed by atoms with E-state index in [2.05, 4.69) is 12.2 Å². The average molecular weight is 368 g/mol. The van der Waals surface area contributed by atoms with Gasteiger partial charge in [-0.15, -0.1) is 0 Å². The number of hydrogen-bond donors (Lipinski definition) is 0. The number of rotatable bonds is 7. The zero-order chi connectivity index (χ0) is 17.4. The van der Waals surface area contributed by atoms with Crippen LogP contribution in [0.2, 0.25) is 0 Å². The van der Waals surface area contributed by atoms with Crippen LogP contribution in [0.25, 0.3) is 0 Å². The van der Waals surface area contributed by atoms with Gasteiger partial charge in [-0.2, -0.15) is 0 Å². The Bertz CT molecular complexity index is 689. The van der Waals surface area contributed by atoms with Crippen LogP contribution < -0.4 is 0 Å². The van der Waals surface area contributed by atoms with Crippen LogP contribution in [0.15, 0.2) is 41.3 Å². The summed E-state index contributed by atoms with van der Waals surface area (Å²) in [4.78, 5) is 0.696. The Morgan fingerprint density at radius 3 is 2.25 bits per heavy atom. The van der Waals surface area contributed by atoms with Crippen LogP contribution in [0, 0.1) is 18.8 Å². The molecule has 2 aliphatic carbocycles. The van der Waals surface area contributed by atoms with Crippen molar-refractivity contribution < 1.29 is 17.8 Å². The van der Waals surface area contributed by atoms with E-state index in [1.165, 1.54) is 0 Å². The maximum atomic E-state index is 13.7. The van der Waals surface area contributed by atoms with Crippen molar-refractivity contribution in [2.24, 2.45) is 11.8 Å². The highest BCUT2D eigenvalue weighted by Crippen LogP contribution is 2.72. The molecule has 6 heteroatoms. The Morgan fingerprint density at radius 2 is 1.79 bits per heavy atom. The Balaban J connectivity index is 2.10. The lowest BCUT2D eigenvalue weighted by atomic mass is 10.1. The summed E-state index contributed by atoms with van der Waals surface area (Å²) in [5.74, 6) is 0.271. The van der Waals surface area contributed by atoms with Crippen LogP contribution >= 0.6 is 7.60 Å². The lowest BCUT2D eigenvalue weighted by Gasteiger charge is -2.39. The predicted molar refractivity (Wildman–Crippen MR) is 96.5 cm³/mol. The van der Waals surface area contributed by atoms with Crippen LogP contribution in [0.5, 0.6) is 0 Å². The Hall–Kier alpha value is -0.740. The second kappa shape index (κ2) is 6.87. The van der Waals surface area contributed by atoms with Gasteiger partial charge in [0.25, 0.3) is 0 Å². The fourth-order valence-corrected chi connectivity index (χ4v) is 9.18. The molecule has 3 rings (SSSR count). The molecule has 4 nitrogen and oxygen atoms in total. The molecule has 1 aromatic rings. The highest BCUT2D eigenvalue weighted by Gasteiger charge is 2.65. The molecule has 24 heavy (non-hydrogen) atoms. The third kappa shape index (κ3) is 2.76. The molecule has 0 spiro atoms. The van der Waals surface area contributed by atoms with Gasteiger partial charge in [0, 0.05) is 10.8 Å². The molecule has 0 amide bonds. The molecule has 0 radical (unpaired) electrons. The van der Waals surface area contributed by atoms with Crippen molar-refractivity contribution in [3.05, 3.63) is 42.0 Å². The first kappa shape index (κ1) is 18.1. The molecule has 1 fully saturated rings. The van der Waals surface area contributed by atoms with Gasteiger partial charge >= 0.3 is 7.60 Å². The molecule has 1 aromatic carbocycles. The summed E-state index contributed by atoms with van der Waals surface area (Å²) in [5, 5.41) is 0. The number of aryl methyl sites for hydroxylation is 1. The molecular weight excluding hydrogens is 343 g/mol. The summed E-state index contributed by atoms with van der Waals surface area (Å²) in [6, 6.07) is 7.61. The first-order valence-electron chi connectivity index (χ1n) is 8.53. The van der Waals surface area contributed by atoms with Crippen LogP contribution in [-0.4, -0.2) is 21.9 Å². The van der Waals surface area contributed by atoms with E-state index < -0.39 is 22.9 Å². The van der Waals surface area contributed by atoms with E-state index in [9.17, 15) is 8.77 Å². The average Bonchev–Trinajstić information content (AvgIpc) is 3.17. The third-order valence-corrected chi connectivity index (χ3v) is 10.5. The van der Waals surface area contributed by atoms with Gasteiger partial charge in [0.15, 0.2) is 4.49 Å². The minimum atomic E-state index is -3.53. The van der Waals surface area contributed by atoms with Crippen LogP contribution in [0.3, 0.4) is 0 Å². The fraction of sp³-hybridized carbons (Fsp3) is 0.556. The summed E-state index contributed by atoms with van der Waals surface area (Å²) in [7, 11) is -4.99. The van der Waals surface area contributed by atoms with Crippen LogP contribution in [-0.2, 0) is 24.4 Å². The number of hydrogen-bond acceptors (Lipinski definition) is 4. The quantitative estimate of drug-likeness (QED) is 0.519. The van der Waals surface area contributed by atoms with Crippen molar-refractivity contribution in [3.63, 3.8) is 0 Å². The van der Waals surface area contributed by atoms with Crippen LogP contribution in [0.4, 0.5) is 0 Å². The Labute approximate surface area is 146 Å². The van der Waals surface area contributed by atoms with E-state index in [1.54, 1.807) is 13.8 Å². The molecule has 0 aliphatic heterocycles. The smallest absolute Gasteiger partial charge is 0.308 e. The van der Waals surface area contributed by atoms with Crippen molar-refractivity contribution in [1.82, 2.24) is 0 Å². The van der Waals surface area contributed by atoms with Crippen molar-refractivity contribution >= 4 is 18.4 Å². The molecule has 0 heterocycles. The summed E-state index contributed by atoms with van der Waals surface area (Å²) in [6.45, 7) is 6.17. The minimum absolute atomic E-state index is 0.0337. The van der Waals surface area contributed by atoms with E-state index in [-0.39, 0.29) is 19.1 Å². The van der Waals surface area contributed by atoms with Crippen LogP contribution in [0.1, 0.15) is 32.3 Å². The zero-order valence-electron chi connectivity index (χ0n) is 14.4. The minimum Gasteiger partial charge on any atom is -0.308 e. The summed E-state index contributed by atoms with van der Waals surface area (Å²) in [5.41, 5.74) is 1.11. The fourth-order valence-electron chi connectivity index (χ4n) is 3.88. The first-order chi connectivity index (χ1) is 11.5. The standard InChI is InChI=1S/C18H25O4PS/c1-4-21-23(19,22-5-2)18(13-15-8-9-16(18)12-15)24(20)17-10-6-14(3)7-11-17/h6-11,15-16H,4-5,12-13H2,1-3H3. The van der Waals surface area contributed by atoms with Crippen molar-refractivity contribution in [1.29, 1.82) is 0 Å². The van der Waals surface area contributed by atoms with E-state index in [1.807, 2.05) is 31.2 Å². The van der Waals surface area contributed by atoms with Crippen molar-refractivity contribution in [2.75, 3.05) is 13.2 Å². The molecule has 2 bridgehead atoms. The van der Waals surface area contributed by atoms with E-state index in [0.29, 0.717) is 17.2 Å². The van der Waals surface area contributed by atoms with Crippen molar-refractivity contribution in [3.8, 4) is 0 Å². The second-order valence-electron chi connectivity index (χ2n) is 6.45. The number of fused-ring (bicyclic) bond motifs is 2. The third-order valence-electron chi connectivity index (χ3n) is 4.92.